The molecule has 0 fully saturated rings. The SMILES string of the molecule is CC1(C)c2ccccc2-c2cc(-c3ccc4c5ccccc5n(-c5ccc(-c6cc(-c7ccccc7)cc(-c7ccccc7)c6)cc5)c4c3)ccc21. The van der Waals surface area contributed by atoms with Crippen LogP contribution in [-0.2, 0) is 5.41 Å². The highest BCUT2D eigenvalue weighted by Crippen LogP contribution is 2.49. The lowest BCUT2D eigenvalue weighted by atomic mass is 9.82. The minimum atomic E-state index is -0.00102. The molecule has 1 nitrogen and oxygen atoms in total. The number of hydrogen-bond donors (Lipinski definition) is 0. The van der Waals surface area contributed by atoms with Crippen LogP contribution in [0.4, 0.5) is 0 Å². The van der Waals surface area contributed by atoms with Gasteiger partial charge < -0.3 is 4.57 Å². The van der Waals surface area contributed by atoms with Gasteiger partial charge in [0.15, 0.2) is 0 Å². The predicted molar refractivity (Wildman–Crippen MR) is 220 cm³/mol. The van der Waals surface area contributed by atoms with Crippen LogP contribution in [0.2, 0.25) is 0 Å². The number of nitrogens with zero attached hydrogens (tertiary/aromatic N) is 1. The van der Waals surface area contributed by atoms with E-state index >= 15 is 0 Å². The Hall–Kier alpha value is -6.44. The van der Waals surface area contributed by atoms with Crippen LogP contribution in [0.3, 0.4) is 0 Å². The van der Waals surface area contributed by atoms with Gasteiger partial charge in [-0.15, -0.1) is 0 Å². The Balaban J connectivity index is 1.09. The van der Waals surface area contributed by atoms with Gasteiger partial charge in [0.2, 0.25) is 0 Å². The number of hydrogen-bond acceptors (Lipinski definition) is 0. The molecular formula is C51H37N. The van der Waals surface area contributed by atoms with Crippen molar-refractivity contribution in [2.45, 2.75) is 19.3 Å². The van der Waals surface area contributed by atoms with E-state index in [0.717, 1.165) is 5.69 Å². The fraction of sp³-hybridized carbons (Fsp3) is 0.0588. The van der Waals surface area contributed by atoms with E-state index < -0.39 is 0 Å². The first-order valence-electron chi connectivity index (χ1n) is 18.2. The lowest BCUT2D eigenvalue weighted by Gasteiger charge is -2.21. The highest BCUT2D eigenvalue weighted by Gasteiger charge is 2.35. The van der Waals surface area contributed by atoms with E-state index in [2.05, 4.69) is 206 Å². The standard InChI is InChI=1S/C51H37N/c1-51(2)47-19-11-9-17-43(47)46-32-37(24-28-48(46)51)38-23-27-45-44-18-10-12-20-49(44)52(50(45)33-38)42-25-21-36(22-26-42)41-30-39(34-13-5-3-6-14-34)29-40(31-41)35-15-7-4-8-16-35/h3-33H,1-2H3. The van der Waals surface area contributed by atoms with Gasteiger partial charge in [0, 0.05) is 21.9 Å². The summed E-state index contributed by atoms with van der Waals surface area (Å²) in [5, 5.41) is 2.53. The fourth-order valence-electron chi connectivity index (χ4n) is 8.52. The molecule has 246 valence electrons. The third-order valence-corrected chi connectivity index (χ3v) is 11.2. The largest absolute Gasteiger partial charge is 0.309 e. The summed E-state index contributed by atoms with van der Waals surface area (Å²) < 4.78 is 2.43. The van der Waals surface area contributed by atoms with E-state index in [4.69, 9.17) is 0 Å². The second-order valence-corrected chi connectivity index (χ2v) is 14.6. The van der Waals surface area contributed by atoms with Crippen LogP contribution in [0.5, 0.6) is 0 Å². The van der Waals surface area contributed by atoms with Crippen molar-refractivity contribution in [1.29, 1.82) is 0 Å². The molecule has 0 radical (unpaired) electrons. The molecule has 0 saturated carbocycles. The van der Waals surface area contributed by atoms with Gasteiger partial charge in [0.1, 0.15) is 0 Å². The second kappa shape index (κ2) is 11.8. The number of fused-ring (bicyclic) bond motifs is 6. The predicted octanol–water partition coefficient (Wildman–Crippen LogP) is 13.8. The third-order valence-electron chi connectivity index (χ3n) is 11.2. The lowest BCUT2D eigenvalue weighted by Crippen LogP contribution is -2.14. The molecule has 1 aliphatic carbocycles. The van der Waals surface area contributed by atoms with Crippen LogP contribution in [0, 0.1) is 0 Å². The molecule has 1 aliphatic rings. The van der Waals surface area contributed by atoms with Crippen molar-refractivity contribution in [3.63, 3.8) is 0 Å². The van der Waals surface area contributed by atoms with Crippen molar-refractivity contribution in [2.75, 3.05) is 0 Å². The molecule has 8 aromatic carbocycles. The molecule has 0 N–H and O–H groups in total. The van der Waals surface area contributed by atoms with Gasteiger partial charge >= 0.3 is 0 Å². The zero-order chi connectivity index (χ0) is 34.8. The second-order valence-electron chi connectivity index (χ2n) is 14.6. The van der Waals surface area contributed by atoms with Gasteiger partial charge in [0.05, 0.1) is 11.0 Å². The van der Waals surface area contributed by atoms with Crippen LogP contribution in [0.1, 0.15) is 25.0 Å². The minimum Gasteiger partial charge on any atom is -0.309 e. The topological polar surface area (TPSA) is 4.93 Å². The van der Waals surface area contributed by atoms with E-state index in [1.54, 1.807) is 0 Å². The normalized spacial score (nSPS) is 13.0. The van der Waals surface area contributed by atoms with Crippen LogP contribution in [0.15, 0.2) is 188 Å². The maximum absolute atomic E-state index is 2.43. The molecule has 1 heteroatoms. The zero-order valence-electron chi connectivity index (χ0n) is 29.3. The Bertz CT molecular complexity index is 2730. The lowest BCUT2D eigenvalue weighted by molar-refractivity contribution is 0.660. The Morgan fingerprint density at radius 2 is 0.827 bits per heavy atom. The Morgan fingerprint density at radius 1 is 0.327 bits per heavy atom. The first kappa shape index (κ1) is 30.4. The van der Waals surface area contributed by atoms with Crippen LogP contribution < -0.4 is 0 Å². The van der Waals surface area contributed by atoms with Crippen molar-refractivity contribution in [2.24, 2.45) is 0 Å². The molecule has 52 heavy (non-hydrogen) atoms. The van der Waals surface area contributed by atoms with Gasteiger partial charge in [-0.05, 0) is 115 Å². The third kappa shape index (κ3) is 4.85. The number of aromatic nitrogens is 1. The van der Waals surface area contributed by atoms with E-state index in [1.807, 2.05) is 0 Å². The molecule has 0 spiro atoms. The van der Waals surface area contributed by atoms with Gasteiger partial charge in [0.25, 0.3) is 0 Å². The smallest absolute Gasteiger partial charge is 0.0547 e. The summed E-state index contributed by atoms with van der Waals surface area (Å²) in [7, 11) is 0. The quantitative estimate of drug-likeness (QED) is 0.173. The van der Waals surface area contributed by atoms with E-state index in [-0.39, 0.29) is 5.41 Å². The van der Waals surface area contributed by atoms with Crippen LogP contribution >= 0.6 is 0 Å². The summed E-state index contributed by atoms with van der Waals surface area (Å²) >= 11 is 0. The van der Waals surface area contributed by atoms with Gasteiger partial charge in [-0.2, -0.15) is 0 Å². The molecule has 0 unspecified atom stereocenters. The number of rotatable bonds is 5. The molecular weight excluding hydrogens is 627 g/mol. The Labute approximate surface area is 305 Å². The summed E-state index contributed by atoms with van der Waals surface area (Å²) in [4.78, 5) is 0. The van der Waals surface area contributed by atoms with Gasteiger partial charge in [-0.3, -0.25) is 0 Å². The number of benzene rings is 8. The molecule has 0 aliphatic heterocycles. The molecule has 0 amide bonds. The van der Waals surface area contributed by atoms with Crippen LogP contribution in [-0.4, -0.2) is 4.57 Å². The Morgan fingerprint density at radius 3 is 1.52 bits per heavy atom. The highest BCUT2D eigenvalue weighted by atomic mass is 15.0. The average Bonchev–Trinajstić information content (AvgIpc) is 3.66. The average molecular weight is 664 g/mol. The summed E-state index contributed by atoms with van der Waals surface area (Å²) in [6, 6.07) is 69.1. The van der Waals surface area contributed by atoms with E-state index in [1.165, 1.54) is 88.6 Å². The molecule has 0 bridgehead atoms. The van der Waals surface area contributed by atoms with Crippen molar-refractivity contribution >= 4 is 21.8 Å². The summed E-state index contributed by atoms with van der Waals surface area (Å²) in [5.41, 5.74) is 18.8. The van der Waals surface area contributed by atoms with Crippen LogP contribution in [0.25, 0.3) is 83.1 Å². The maximum Gasteiger partial charge on any atom is 0.0547 e. The molecule has 10 rings (SSSR count). The fourth-order valence-corrected chi connectivity index (χ4v) is 8.52. The minimum absolute atomic E-state index is 0.00102. The molecule has 1 heterocycles. The highest BCUT2D eigenvalue weighted by molar-refractivity contribution is 6.10. The maximum atomic E-state index is 2.43. The van der Waals surface area contributed by atoms with Crippen molar-refractivity contribution in [3.8, 4) is 61.3 Å². The van der Waals surface area contributed by atoms with E-state index in [0.29, 0.717) is 0 Å². The van der Waals surface area contributed by atoms with Crippen molar-refractivity contribution < 1.29 is 0 Å². The first-order valence-corrected chi connectivity index (χ1v) is 18.2. The summed E-state index contributed by atoms with van der Waals surface area (Å²) in [6.07, 6.45) is 0. The molecule has 0 atom stereocenters. The van der Waals surface area contributed by atoms with Crippen molar-refractivity contribution in [1.82, 2.24) is 4.57 Å². The Kier molecular flexibility index (Phi) is 6.91. The van der Waals surface area contributed by atoms with E-state index in [9.17, 15) is 0 Å². The summed E-state index contributed by atoms with van der Waals surface area (Å²) in [6.45, 7) is 4.69. The monoisotopic (exact) mass is 663 g/mol. The zero-order valence-corrected chi connectivity index (χ0v) is 29.3. The van der Waals surface area contributed by atoms with Gasteiger partial charge in [-0.1, -0.05) is 153 Å². The molecule has 9 aromatic rings. The first-order chi connectivity index (χ1) is 25.5. The number of para-hydroxylation sites is 1. The molecule has 0 saturated heterocycles. The van der Waals surface area contributed by atoms with Gasteiger partial charge in [-0.25, -0.2) is 0 Å². The summed E-state index contributed by atoms with van der Waals surface area (Å²) in [5.74, 6) is 0. The van der Waals surface area contributed by atoms with Crippen molar-refractivity contribution in [3.05, 3.63) is 199 Å². The molecule has 1 aromatic heterocycles.